The van der Waals surface area contributed by atoms with Crippen LogP contribution < -0.4 is 0 Å². The van der Waals surface area contributed by atoms with Crippen LogP contribution in [-0.2, 0) is 4.74 Å². The molecule has 2 fully saturated rings. The number of carbonyl (C=O) groups is 2. The Labute approximate surface area is 159 Å². The van der Waals surface area contributed by atoms with Gasteiger partial charge in [-0.3, -0.25) is 9.59 Å². The summed E-state index contributed by atoms with van der Waals surface area (Å²) in [4.78, 5) is 37.0. The molecule has 2 aromatic rings. The van der Waals surface area contributed by atoms with Crippen molar-refractivity contribution in [3.8, 4) is 0 Å². The Balaban J connectivity index is 1.46. The molecule has 136 valence electrons. The van der Waals surface area contributed by atoms with Gasteiger partial charge in [0.1, 0.15) is 16.5 Å². The molecular formula is C17H17ClN4O3S. The average Bonchev–Trinajstić information content (AvgIpc) is 3.27. The van der Waals surface area contributed by atoms with Gasteiger partial charge in [-0.15, -0.1) is 11.3 Å². The number of hydrogen-bond acceptors (Lipinski definition) is 6. The number of rotatable bonds is 2. The molecule has 0 spiro atoms. The molecule has 4 heterocycles. The van der Waals surface area contributed by atoms with Crippen molar-refractivity contribution in [2.45, 2.75) is 6.10 Å². The third-order valence-corrected chi connectivity index (χ3v) is 5.49. The third kappa shape index (κ3) is 3.44. The zero-order chi connectivity index (χ0) is 18.1. The Hall–Kier alpha value is -2.03. The summed E-state index contributed by atoms with van der Waals surface area (Å²) in [6, 6.07) is 5.00. The minimum absolute atomic E-state index is 0.0724. The Morgan fingerprint density at radius 1 is 1.15 bits per heavy atom. The van der Waals surface area contributed by atoms with Gasteiger partial charge >= 0.3 is 0 Å². The quantitative estimate of drug-likeness (QED) is 0.728. The molecule has 0 radical (unpaired) electrons. The first-order valence-corrected chi connectivity index (χ1v) is 9.65. The van der Waals surface area contributed by atoms with Gasteiger partial charge in [-0.25, -0.2) is 9.97 Å². The number of carbonyl (C=O) groups excluding carboxylic acids is 2. The molecule has 0 N–H and O–H groups in total. The van der Waals surface area contributed by atoms with Crippen LogP contribution in [-0.4, -0.2) is 70.5 Å². The second-order valence-electron chi connectivity index (χ2n) is 6.35. The Kier molecular flexibility index (Phi) is 4.88. The molecule has 2 atom stereocenters. The Morgan fingerprint density at radius 2 is 1.96 bits per heavy atom. The topological polar surface area (TPSA) is 75.6 Å². The monoisotopic (exact) mass is 392 g/mol. The lowest BCUT2D eigenvalue weighted by Crippen LogP contribution is -2.38. The van der Waals surface area contributed by atoms with Gasteiger partial charge in [0.25, 0.3) is 11.8 Å². The molecule has 2 aliphatic rings. The Bertz CT molecular complexity index is 816. The molecule has 26 heavy (non-hydrogen) atoms. The van der Waals surface area contributed by atoms with E-state index in [2.05, 4.69) is 9.97 Å². The normalized spacial score (nSPS) is 22.8. The first-order valence-electron chi connectivity index (χ1n) is 8.32. The number of amides is 2. The molecule has 0 bridgehead atoms. The molecule has 9 heteroatoms. The predicted octanol–water partition coefficient (Wildman–Crippen LogP) is 1.80. The summed E-state index contributed by atoms with van der Waals surface area (Å²) in [6.45, 7) is 2.56. The van der Waals surface area contributed by atoms with Gasteiger partial charge in [-0.1, -0.05) is 17.7 Å². The highest BCUT2D eigenvalue weighted by atomic mass is 35.5. The minimum atomic E-state index is -0.165. The molecule has 0 unspecified atom stereocenters. The summed E-state index contributed by atoms with van der Waals surface area (Å²) >= 11 is 7.29. The lowest BCUT2D eigenvalue weighted by Gasteiger charge is -2.23. The molecule has 2 aliphatic heterocycles. The number of nitrogens with zero attached hydrogens (tertiary/aromatic N) is 4. The maximum atomic E-state index is 12.7. The van der Waals surface area contributed by atoms with Crippen molar-refractivity contribution in [3.05, 3.63) is 45.6 Å². The smallest absolute Gasteiger partial charge is 0.273 e. The lowest BCUT2D eigenvalue weighted by atomic mass is 10.1. The SMILES string of the molecule is O=C(c1cscn1)N1CCO[C@@H]2CN(C(=O)c3cccc(Cl)n3)C[C@@H]2C1. The van der Waals surface area contributed by atoms with Gasteiger partial charge in [-0.05, 0) is 12.1 Å². The molecule has 2 aromatic heterocycles. The Morgan fingerprint density at radius 3 is 2.73 bits per heavy atom. The fourth-order valence-electron chi connectivity index (χ4n) is 3.41. The second-order valence-corrected chi connectivity index (χ2v) is 7.46. The number of aromatic nitrogens is 2. The van der Waals surface area contributed by atoms with Crippen molar-refractivity contribution in [2.24, 2.45) is 5.92 Å². The first kappa shape index (κ1) is 17.4. The zero-order valence-corrected chi connectivity index (χ0v) is 15.4. The summed E-state index contributed by atoms with van der Waals surface area (Å²) in [5.41, 5.74) is 2.44. The largest absolute Gasteiger partial charge is 0.374 e. The number of pyridine rings is 1. The highest BCUT2D eigenvalue weighted by Gasteiger charge is 2.40. The van der Waals surface area contributed by atoms with Crippen molar-refractivity contribution in [1.29, 1.82) is 0 Å². The van der Waals surface area contributed by atoms with E-state index < -0.39 is 0 Å². The maximum Gasteiger partial charge on any atom is 0.273 e. The molecule has 0 aliphatic carbocycles. The first-order chi connectivity index (χ1) is 12.6. The summed E-state index contributed by atoms with van der Waals surface area (Å²) in [5, 5.41) is 2.04. The highest BCUT2D eigenvalue weighted by molar-refractivity contribution is 7.07. The van der Waals surface area contributed by atoms with Crippen LogP contribution in [0.25, 0.3) is 0 Å². The van der Waals surface area contributed by atoms with Crippen molar-refractivity contribution in [2.75, 3.05) is 32.8 Å². The molecule has 0 aromatic carbocycles. The summed E-state index contributed by atoms with van der Waals surface area (Å²) in [7, 11) is 0. The standard InChI is InChI=1S/C17H17ClN4O3S/c18-15-3-1-2-12(20-15)16(23)22-7-11-6-21(4-5-25-14(11)8-22)17(24)13-9-26-10-19-13/h1-3,9-11,14H,4-8H2/t11-,14+/m0/s1. The van der Waals surface area contributed by atoms with Crippen LogP contribution in [0.1, 0.15) is 21.0 Å². The van der Waals surface area contributed by atoms with Crippen LogP contribution in [0.15, 0.2) is 29.1 Å². The lowest BCUT2D eigenvalue weighted by molar-refractivity contribution is 0.0476. The number of thiazole rings is 1. The molecule has 4 rings (SSSR count). The third-order valence-electron chi connectivity index (χ3n) is 4.69. The van der Waals surface area contributed by atoms with E-state index in [0.717, 1.165) is 0 Å². The number of hydrogen-bond donors (Lipinski definition) is 0. The van der Waals surface area contributed by atoms with Gasteiger partial charge in [0.2, 0.25) is 0 Å². The molecule has 2 amide bonds. The van der Waals surface area contributed by atoms with Crippen LogP contribution in [0, 0.1) is 5.92 Å². The highest BCUT2D eigenvalue weighted by Crippen LogP contribution is 2.25. The van der Waals surface area contributed by atoms with Crippen LogP contribution >= 0.6 is 22.9 Å². The van der Waals surface area contributed by atoms with E-state index in [1.165, 1.54) is 11.3 Å². The van der Waals surface area contributed by atoms with Gasteiger partial charge in [0, 0.05) is 37.5 Å². The van der Waals surface area contributed by atoms with Crippen molar-refractivity contribution in [3.63, 3.8) is 0 Å². The summed E-state index contributed by atoms with van der Waals surface area (Å²) < 4.78 is 5.91. The second kappa shape index (κ2) is 7.30. The minimum Gasteiger partial charge on any atom is -0.374 e. The average molecular weight is 393 g/mol. The van der Waals surface area contributed by atoms with E-state index in [1.54, 1.807) is 38.9 Å². The maximum absolute atomic E-state index is 12.7. The van der Waals surface area contributed by atoms with E-state index in [4.69, 9.17) is 16.3 Å². The molecule has 2 saturated heterocycles. The number of halogens is 1. The molecule has 0 saturated carbocycles. The summed E-state index contributed by atoms with van der Waals surface area (Å²) in [5.74, 6) is -0.179. The van der Waals surface area contributed by atoms with Gasteiger partial charge < -0.3 is 14.5 Å². The van der Waals surface area contributed by atoms with Gasteiger partial charge in [0.05, 0.1) is 18.2 Å². The fourth-order valence-corrected chi connectivity index (χ4v) is 4.10. The van der Waals surface area contributed by atoms with E-state index in [-0.39, 0.29) is 23.8 Å². The van der Waals surface area contributed by atoms with E-state index in [0.29, 0.717) is 49.3 Å². The van der Waals surface area contributed by atoms with Crippen LogP contribution in [0.4, 0.5) is 0 Å². The zero-order valence-electron chi connectivity index (χ0n) is 13.9. The van der Waals surface area contributed by atoms with Gasteiger partial charge in [-0.2, -0.15) is 0 Å². The van der Waals surface area contributed by atoms with Crippen molar-refractivity contribution in [1.82, 2.24) is 19.8 Å². The van der Waals surface area contributed by atoms with Crippen LogP contribution in [0.5, 0.6) is 0 Å². The molecule has 7 nitrogen and oxygen atoms in total. The van der Waals surface area contributed by atoms with Crippen molar-refractivity contribution >= 4 is 34.8 Å². The molecular weight excluding hydrogens is 376 g/mol. The van der Waals surface area contributed by atoms with Crippen LogP contribution in [0.2, 0.25) is 5.15 Å². The van der Waals surface area contributed by atoms with E-state index in [1.807, 2.05) is 0 Å². The van der Waals surface area contributed by atoms with Gasteiger partial charge in [0.15, 0.2) is 0 Å². The van der Waals surface area contributed by atoms with Crippen molar-refractivity contribution < 1.29 is 14.3 Å². The number of ether oxygens (including phenoxy) is 1. The fraction of sp³-hybridized carbons (Fsp3) is 0.412. The number of likely N-dealkylation sites (tertiary alicyclic amines) is 1. The summed E-state index contributed by atoms with van der Waals surface area (Å²) in [6.07, 6.45) is -0.0774. The predicted molar refractivity (Wildman–Crippen MR) is 96.4 cm³/mol. The van der Waals surface area contributed by atoms with E-state index >= 15 is 0 Å². The number of fused-ring (bicyclic) bond motifs is 1. The van der Waals surface area contributed by atoms with Crippen LogP contribution in [0.3, 0.4) is 0 Å². The van der Waals surface area contributed by atoms with E-state index in [9.17, 15) is 9.59 Å².